The Morgan fingerprint density at radius 2 is 1.50 bits per heavy atom. The van der Waals surface area contributed by atoms with E-state index in [2.05, 4.69) is 47.6 Å². The predicted octanol–water partition coefficient (Wildman–Crippen LogP) is 6.38. The smallest absolute Gasteiger partial charge is 0.339 e. The van der Waals surface area contributed by atoms with Crippen LogP contribution in [0.3, 0.4) is 0 Å². The Balaban J connectivity index is 1.13. The molecule has 6 aliphatic rings. The number of esters is 1. The number of benzene rings is 2. The number of carbonyl (C=O) groups excluding carboxylic acids is 2. The van der Waals surface area contributed by atoms with Crippen molar-refractivity contribution in [2.24, 2.45) is 23.7 Å². The molecule has 6 nitrogen and oxygen atoms in total. The molecule has 0 aromatic heterocycles. The Morgan fingerprint density at radius 1 is 0.773 bits per heavy atom. The largest absolute Gasteiger partial charge is 0.450 e. The Hall–Kier alpha value is -2.70. The zero-order valence-electron chi connectivity index (χ0n) is 26.7. The summed E-state index contributed by atoms with van der Waals surface area (Å²) < 4.78 is 6.57. The normalized spacial score (nSPS) is 33.6. The van der Waals surface area contributed by atoms with Crippen molar-refractivity contribution < 1.29 is 14.3 Å². The number of anilines is 1. The molecule has 4 atom stereocenters. The van der Waals surface area contributed by atoms with Crippen molar-refractivity contribution in [2.75, 3.05) is 45.2 Å². The van der Waals surface area contributed by atoms with Gasteiger partial charge in [0.25, 0.3) is 0 Å². The number of nitrogens with zero attached hydrogens (tertiary/aromatic N) is 2. The minimum absolute atomic E-state index is 0.141. The summed E-state index contributed by atoms with van der Waals surface area (Å²) in [5.74, 6) is 2.13. The maximum Gasteiger partial charge on any atom is 0.339 e. The van der Waals surface area contributed by atoms with Crippen molar-refractivity contribution in [2.45, 2.75) is 87.6 Å². The van der Waals surface area contributed by atoms with Crippen molar-refractivity contribution in [3.63, 3.8) is 0 Å². The molecular weight excluding hydrogens is 546 g/mol. The number of rotatable bonds is 5. The van der Waals surface area contributed by atoms with Crippen molar-refractivity contribution in [1.29, 1.82) is 0 Å². The van der Waals surface area contributed by atoms with Gasteiger partial charge in [0.1, 0.15) is 5.60 Å². The summed E-state index contributed by atoms with van der Waals surface area (Å²) in [6.07, 6.45) is 12.3. The van der Waals surface area contributed by atoms with Crippen LogP contribution in [0.25, 0.3) is 0 Å². The summed E-state index contributed by atoms with van der Waals surface area (Å²) in [6.45, 7) is 4.13. The number of hydrogen-bond acceptors (Lipinski definition) is 5. The van der Waals surface area contributed by atoms with E-state index in [0.29, 0.717) is 35.5 Å². The molecule has 0 radical (unpaired) electrons. The molecule has 4 aliphatic heterocycles. The SMILES string of the molecule is CN1CCC(C2(C3CCCC3)C(=O)N(C)c3cc(C4CCC(C5(C6CCNCC6)OC(=O)c6ccccc65)C4)ccc32)CC1. The minimum Gasteiger partial charge on any atom is -0.450 e. The fraction of sp³-hybridized carbons (Fsp3) is 0.632. The van der Waals surface area contributed by atoms with E-state index >= 15 is 0 Å². The lowest BCUT2D eigenvalue weighted by Gasteiger charge is -2.44. The van der Waals surface area contributed by atoms with Gasteiger partial charge in [-0.25, -0.2) is 4.79 Å². The van der Waals surface area contributed by atoms with Gasteiger partial charge in [0.15, 0.2) is 0 Å². The van der Waals surface area contributed by atoms with Gasteiger partial charge in [0.2, 0.25) is 5.91 Å². The van der Waals surface area contributed by atoms with Gasteiger partial charge in [0.05, 0.1) is 11.0 Å². The second-order valence-electron chi connectivity index (χ2n) is 15.0. The van der Waals surface area contributed by atoms with E-state index < -0.39 is 5.60 Å². The Bertz CT molecular complexity index is 1440. The highest BCUT2D eigenvalue weighted by Gasteiger charge is 2.60. The Morgan fingerprint density at radius 3 is 2.27 bits per heavy atom. The highest BCUT2D eigenvalue weighted by atomic mass is 16.6. The molecule has 2 saturated carbocycles. The number of likely N-dealkylation sites (tertiary alicyclic amines) is 1. The van der Waals surface area contributed by atoms with E-state index in [1.807, 2.05) is 24.1 Å². The fourth-order valence-electron chi connectivity index (χ4n) is 11.0. The lowest BCUT2D eigenvalue weighted by Crippen LogP contribution is -2.52. The molecule has 8 rings (SSSR count). The number of amides is 1. The summed E-state index contributed by atoms with van der Waals surface area (Å²) in [4.78, 5) is 32.3. The van der Waals surface area contributed by atoms with Gasteiger partial charge >= 0.3 is 5.97 Å². The molecule has 0 bridgehead atoms. The monoisotopic (exact) mass is 595 g/mol. The third-order valence-corrected chi connectivity index (χ3v) is 13.1. The molecule has 4 heterocycles. The van der Waals surface area contributed by atoms with E-state index in [9.17, 15) is 9.59 Å². The van der Waals surface area contributed by atoms with Gasteiger partial charge in [-0.2, -0.15) is 0 Å². The molecule has 0 spiro atoms. The van der Waals surface area contributed by atoms with E-state index in [1.165, 1.54) is 36.8 Å². The van der Waals surface area contributed by atoms with Gasteiger partial charge in [-0.3, -0.25) is 4.79 Å². The van der Waals surface area contributed by atoms with E-state index in [0.717, 1.165) is 87.9 Å². The highest BCUT2D eigenvalue weighted by Crippen LogP contribution is 2.60. The number of nitrogens with one attached hydrogen (secondary N) is 1. The van der Waals surface area contributed by atoms with E-state index in [1.54, 1.807) is 0 Å². The average molecular weight is 596 g/mol. The van der Waals surface area contributed by atoms with E-state index in [-0.39, 0.29) is 11.4 Å². The molecule has 2 aromatic rings. The second kappa shape index (κ2) is 11.0. The molecule has 2 aromatic carbocycles. The summed E-state index contributed by atoms with van der Waals surface area (Å²) in [5, 5.41) is 3.52. The first-order valence-corrected chi connectivity index (χ1v) is 17.6. The molecule has 44 heavy (non-hydrogen) atoms. The van der Waals surface area contributed by atoms with Gasteiger partial charge in [-0.15, -0.1) is 0 Å². The summed E-state index contributed by atoms with van der Waals surface area (Å²) >= 11 is 0. The van der Waals surface area contributed by atoms with Gasteiger partial charge in [-0.05, 0) is 132 Å². The van der Waals surface area contributed by atoms with Crippen molar-refractivity contribution in [1.82, 2.24) is 10.2 Å². The van der Waals surface area contributed by atoms with Crippen LogP contribution in [0.4, 0.5) is 5.69 Å². The molecule has 6 heteroatoms. The van der Waals surface area contributed by atoms with Crippen LogP contribution in [0.2, 0.25) is 0 Å². The van der Waals surface area contributed by atoms with Crippen LogP contribution in [0.15, 0.2) is 42.5 Å². The molecular formula is C38H49N3O3. The van der Waals surface area contributed by atoms with E-state index in [4.69, 9.17) is 4.74 Å². The maximum atomic E-state index is 14.5. The molecule has 1 N–H and O–H groups in total. The number of ether oxygens (including phenoxy) is 1. The maximum absolute atomic E-state index is 14.5. The number of carbonyl (C=O) groups is 2. The van der Waals surface area contributed by atoms with Crippen molar-refractivity contribution in [3.05, 3.63) is 64.7 Å². The molecule has 4 unspecified atom stereocenters. The Labute approximate surface area is 262 Å². The van der Waals surface area contributed by atoms with Crippen LogP contribution < -0.4 is 10.2 Å². The van der Waals surface area contributed by atoms with Crippen LogP contribution in [0.1, 0.15) is 104 Å². The van der Waals surface area contributed by atoms with Crippen LogP contribution in [-0.2, 0) is 20.5 Å². The quantitative estimate of drug-likeness (QED) is 0.407. The number of likely N-dealkylation sites (N-methyl/N-ethyl adjacent to an activating group) is 1. The van der Waals surface area contributed by atoms with Gasteiger partial charge in [0, 0.05) is 30.1 Å². The first kappa shape index (κ1) is 28.8. The molecule has 234 valence electrons. The third-order valence-electron chi connectivity index (χ3n) is 13.1. The summed E-state index contributed by atoms with van der Waals surface area (Å²) in [5.41, 5.74) is 4.83. The predicted molar refractivity (Wildman–Crippen MR) is 173 cm³/mol. The van der Waals surface area contributed by atoms with Crippen LogP contribution in [-0.4, -0.2) is 57.1 Å². The molecule has 4 fully saturated rings. The lowest BCUT2D eigenvalue weighted by molar-refractivity contribution is -0.128. The number of cyclic esters (lactones) is 1. The third kappa shape index (κ3) is 4.12. The summed E-state index contributed by atoms with van der Waals surface area (Å²) in [6, 6.07) is 15.3. The summed E-state index contributed by atoms with van der Waals surface area (Å²) in [7, 11) is 4.26. The van der Waals surface area contributed by atoms with Crippen LogP contribution in [0.5, 0.6) is 0 Å². The fourth-order valence-corrected chi connectivity index (χ4v) is 11.0. The Kier molecular flexibility index (Phi) is 7.17. The van der Waals surface area contributed by atoms with Crippen molar-refractivity contribution in [3.8, 4) is 0 Å². The number of hydrogen-bond donors (Lipinski definition) is 1. The zero-order valence-corrected chi connectivity index (χ0v) is 26.7. The van der Waals surface area contributed by atoms with Crippen LogP contribution in [0, 0.1) is 23.7 Å². The molecule has 1 amide bonds. The zero-order chi connectivity index (χ0) is 30.1. The number of piperidine rings is 2. The van der Waals surface area contributed by atoms with Gasteiger partial charge in [-0.1, -0.05) is 43.2 Å². The first-order valence-electron chi connectivity index (χ1n) is 17.6. The molecule has 2 aliphatic carbocycles. The molecule has 2 saturated heterocycles. The van der Waals surface area contributed by atoms with Gasteiger partial charge < -0.3 is 19.9 Å². The average Bonchev–Trinajstić information content (AvgIpc) is 3.86. The topological polar surface area (TPSA) is 61.9 Å². The number of fused-ring (bicyclic) bond motifs is 2. The van der Waals surface area contributed by atoms with Crippen LogP contribution >= 0.6 is 0 Å². The standard InChI is InChI=1S/C38H49N3O3/c1-40-21-17-28(18-22-40)37(27-7-3-4-8-27)33-14-12-26(24-34(33)41(2)36(37)43)25-11-13-30(23-25)38(29-15-19-39-20-16-29)32-10-6-5-9-31(32)35(42)44-38/h5-6,9-10,12,14,24-25,27-30,39H,3-4,7-8,11,13,15-23H2,1-2H3. The second-order valence-corrected chi connectivity index (χ2v) is 15.0. The first-order chi connectivity index (χ1) is 21.4. The highest BCUT2D eigenvalue weighted by molar-refractivity contribution is 6.08. The lowest BCUT2D eigenvalue weighted by atomic mass is 9.59. The van der Waals surface area contributed by atoms with Crippen molar-refractivity contribution >= 4 is 17.6 Å². The minimum atomic E-state index is -0.528.